The van der Waals surface area contributed by atoms with E-state index in [0.717, 1.165) is 31.5 Å². The second-order valence-corrected chi connectivity index (χ2v) is 9.10. The number of carbonyl (C=O) groups excluding carboxylic acids is 1. The number of likely N-dealkylation sites (tertiary alicyclic amines) is 1. The smallest absolute Gasteiger partial charge is 0.269 e. The molecule has 2 unspecified atom stereocenters. The molecular weight excluding hydrogens is 418 g/mol. The summed E-state index contributed by atoms with van der Waals surface area (Å²) in [4.78, 5) is 30.8. The van der Waals surface area contributed by atoms with Crippen LogP contribution in [0.15, 0.2) is 52.2 Å². The average Bonchev–Trinajstić information content (AvgIpc) is 3.49. The SMILES string of the molecule is CC1CCN(C(c2ccc([N+](=O)[O-])cc2)C2Sc3nc(-c4ccco4)nn3C2=O)CC1. The number of rotatable bonds is 5. The molecule has 0 aliphatic carbocycles. The van der Waals surface area contributed by atoms with Crippen molar-refractivity contribution in [1.29, 1.82) is 0 Å². The molecule has 2 aromatic heterocycles. The van der Waals surface area contributed by atoms with E-state index in [9.17, 15) is 14.9 Å². The van der Waals surface area contributed by atoms with E-state index in [2.05, 4.69) is 21.9 Å². The Morgan fingerprint density at radius 2 is 1.97 bits per heavy atom. The molecule has 0 radical (unpaired) electrons. The highest BCUT2D eigenvalue weighted by Crippen LogP contribution is 2.43. The Morgan fingerprint density at radius 3 is 2.58 bits per heavy atom. The van der Waals surface area contributed by atoms with Crippen LogP contribution in [0.2, 0.25) is 0 Å². The van der Waals surface area contributed by atoms with E-state index in [1.54, 1.807) is 30.5 Å². The van der Waals surface area contributed by atoms with Crippen LogP contribution in [0, 0.1) is 16.0 Å². The molecule has 0 N–H and O–H groups in total. The first-order chi connectivity index (χ1) is 15.0. The van der Waals surface area contributed by atoms with Gasteiger partial charge in [0, 0.05) is 12.1 Å². The first-order valence-corrected chi connectivity index (χ1v) is 11.1. The topological polar surface area (TPSA) is 107 Å². The Labute approximate surface area is 182 Å². The lowest BCUT2D eigenvalue weighted by molar-refractivity contribution is -0.384. The van der Waals surface area contributed by atoms with Crippen LogP contribution in [0.3, 0.4) is 0 Å². The lowest BCUT2D eigenvalue weighted by Gasteiger charge is -2.38. The summed E-state index contributed by atoms with van der Waals surface area (Å²) in [6.07, 6.45) is 3.66. The summed E-state index contributed by atoms with van der Waals surface area (Å²) < 4.78 is 6.71. The van der Waals surface area contributed by atoms with Gasteiger partial charge in [0.25, 0.3) is 11.6 Å². The van der Waals surface area contributed by atoms with Gasteiger partial charge in [-0.05, 0) is 49.5 Å². The number of nitro benzene ring substituents is 1. The zero-order valence-electron chi connectivity index (χ0n) is 16.9. The molecule has 31 heavy (non-hydrogen) atoms. The number of nitrogens with zero attached hydrogens (tertiary/aromatic N) is 5. The number of thioether (sulfide) groups is 1. The molecule has 2 aliphatic rings. The molecule has 10 heteroatoms. The van der Waals surface area contributed by atoms with Gasteiger partial charge in [-0.25, -0.2) is 0 Å². The minimum Gasteiger partial charge on any atom is -0.461 e. The van der Waals surface area contributed by atoms with Crippen molar-refractivity contribution in [2.24, 2.45) is 5.92 Å². The quantitative estimate of drug-likeness (QED) is 0.433. The lowest BCUT2D eigenvalue weighted by atomic mass is 9.94. The third-order valence-corrected chi connectivity index (χ3v) is 7.14. The molecule has 0 saturated carbocycles. The molecule has 5 rings (SSSR count). The summed E-state index contributed by atoms with van der Waals surface area (Å²) >= 11 is 1.39. The second-order valence-electron chi connectivity index (χ2n) is 8.00. The van der Waals surface area contributed by atoms with Crippen LogP contribution in [0.1, 0.15) is 36.2 Å². The van der Waals surface area contributed by atoms with E-state index in [1.165, 1.54) is 28.6 Å². The van der Waals surface area contributed by atoms with Crippen LogP contribution in [-0.4, -0.2) is 48.8 Å². The molecular formula is C21H21N5O4S. The molecule has 1 fully saturated rings. The minimum absolute atomic E-state index is 0.0397. The number of aromatic nitrogens is 3. The Hall–Kier alpha value is -2.98. The number of non-ortho nitro benzene ring substituents is 1. The van der Waals surface area contributed by atoms with Gasteiger partial charge in [0.15, 0.2) is 10.9 Å². The number of fused-ring (bicyclic) bond motifs is 1. The van der Waals surface area contributed by atoms with Crippen LogP contribution in [0.25, 0.3) is 11.6 Å². The molecule has 9 nitrogen and oxygen atoms in total. The van der Waals surface area contributed by atoms with E-state index < -0.39 is 10.2 Å². The average molecular weight is 439 g/mol. The monoisotopic (exact) mass is 439 g/mol. The van der Waals surface area contributed by atoms with Crippen LogP contribution in [0.5, 0.6) is 0 Å². The molecule has 160 valence electrons. The number of carbonyl (C=O) groups is 1. The summed E-state index contributed by atoms with van der Waals surface area (Å²) in [5.74, 6) is 1.42. The van der Waals surface area contributed by atoms with Crippen molar-refractivity contribution in [3.63, 3.8) is 0 Å². The minimum atomic E-state index is -0.421. The van der Waals surface area contributed by atoms with Gasteiger partial charge in [0.2, 0.25) is 5.82 Å². The third-order valence-electron chi connectivity index (χ3n) is 5.95. The second kappa shape index (κ2) is 7.93. The van der Waals surface area contributed by atoms with Gasteiger partial charge in [0.1, 0.15) is 5.25 Å². The van der Waals surface area contributed by atoms with Gasteiger partial charge in [-0.3, -0.25) is 19.8 Å². The van der Waals surface area contributed by atoms with Crippen molar-refractivity contribution in [2.75, 3.05) is 13.1 Å². The van der Waals surface area contributed by atoms with Crippen LogP contribution in [0.4, 0.5) is 5.69 Å². The van der Waals surface area contributed by atoms with Crippen LogP contribution >= 0.6 is 11.8 Å². The number of hydrogen-bond acceptors (Lipinski definition) is 8. The standard InChI is InChI=1S/C21H21N5O4S/c1-13-8-10-24(11-9-13)17(14-4-6-15(7-5-14)26(28)29)18-20(27)25-21(31-18)22-19(23-25)16-3-2-12-30-16/h2-7,12-13,17-18H,8-11H2,1H3. The molecule has 4 heterocycles. The maximum Gasteiger partial charge on any atom is 0.269 e. The van der Waals surface area contributed by atoms with E-state index in [1.807, 2.05) is 0 Å². The summed E-state index contributed by atoms with van der Waals surface area (Å²) in [5, 5.41) is 15.6. The summed E-state index contributed by atoms with van der Waals surface area (Å²) in [7, 11) is 0. The highest BCUT2D eigenvalue weighted by molar-refractivity contribution is 8.00. The molecule has 0 amide bonds. The number of nitro groups is 1. The van der Waals surface area contributed by atoms with E-state index in [-0.39, 0.29) is 17.6 Å². The molecule has 3 aromatic rings. The van der Waals surface area contributed by atoms with Crippen molar-refractivity contribution in [3.8, 4) is 11.6 Å². The maximum atomic E-state index is 13.4. The van der Waals surface area contributed by atoms with Gasteiger partial charge in [-0.1, -0.05) is 30.8 Å². The van der Waals surface area contributed by atoms with Crippen LogP contribution < -0.4 is 0 Å². The van der Waals surface area contributed by atoms with E-state index in [0.29, 0.717) is 22.7 Å². The van der Waals surface area contributed by atoms with Gasteiger partial charge in [-0.2, -0.15) is 9.67 Å². The molecule has 2 aliphatic heterocycles. The zero-order valence-corrected chi connectivity index (χ0v) is 17.7. The normalized spacial score (nSPS) is 20.7. The van der Waals surface area contributed by atoms with E-state index in [4.69, 9.17) is 4.42 Å². The molecule has 1 aromatic carbocycles. The van der Waals surface area contributed by atoms with Crippen molar-refractivity contribution < 1.29 is 14.1 Å². The van der Waals surface area contributed by atoms with Gasteiger partial charge >= 0.3 is 0 Å². The Bertz CT molecular complexity index is 1100. The largest absolute Gasteiger partial charge is 0.461 e. The third kappa shape index (κ3) is 3.66. The van der Waals surface area contributed by atoms with Gasteiger partial charge in [0.05, 0.1) is 17.2 Å². The van der Waals surface area contributed by atoms with E-state index >= 15 is 0 Å². The van der Waals surface area contributed by atoms with Crippen molar-refractivity contribution in [3.05, 3.63) is 58.3 Å². The Kier molecular flexibility index (Phi) is 5.11. The molecule has 1 saturated heterocycles. The number of piperidine rings is 1. The van der Waals surface area contributed by atoms with Crippen molar-refractivity contribution in [1.82, 2.24) is 19.7 Å². The highest BCUT2D eigenvalue weighted by Gasteiger charge is 2.43. The fourth-order valence-electron chi connectivity index (χ4n) is 4.19. The van der Waals surface area contributed by atoms with Gasteiger partial charge in [-0.15, -0.1) is 5.10 Å². The molecule has 0 spiro atoms. The number of furan rings is 1. The highest BCUT2D eigenvalue weighted by atomic mass is 32.2. The molecule has 0 bridgehead atoms. The van der Waals surface area contributed by atoms with Crippen LogP contribution in [-0.2, 0) is 0 Å². The predicted molar refractivity (Wildman–Crippen MR) is 114 cm³/mol. The molecule has 2 atom stereocenters. The maximum absolute atomic E-state index is 13.4. The zero-order chi connectivity index (χ0) is 21.5. The van der Waals surface area contributed by atoms with Crippen molar-refractivity contribution in [2.45, 2.75) is 36.2 Å². The van der Waals surface area contributed by atoms with Gasteiger partial charge < -0.3 is 4.42 Å². The Morgan fingerprint density at radius 1 is 1.23 bits per heavy atom. The summed E-state index contributed by atoms with van der Waals surface area (Å²) in [5.41, 5.74) is 0.931. The lowest BCUT2D eigenvalue weighted by Crippen LogP contribution is -2.42. The number of hydrogen-bond donors (Lipinski definition) is 0. The fourth-order valence-corrected chi connectivity index (χ4v) is 5.44. The first kappa shape index (κ1) is 20.0. The predicted octanol–water partition coefficient (Wildman–Crippen LogP) is 4.03. The first-order valence-electron chi connectivity index (χ1n) is 10.2. The Balaban J connectivity index is 1.46. The summed E-state index contributed by atoms with van der Waals surface area (Å²) in [6.45, 7) is 3.99. The number of benzene rings is 1. The summed E-state index contributed by atoms with van der Waals surface area (Å²) in [6, 6.07) is 9.83. The fraction of sp³-hybridized carbons (Fsp3) is 0.381. The van der Waals surface area contributed by atoms with Crippen molar-refractivity contribution >= 4 is 23.4 Å².